The Balaban J connectivity index is 1.57. The third-order valence-corrected chi connectivity index (χ3v) is 5.45. The van der Waals surface area contributed by atoms with Crippen molar-refractivity contribution in [3.05, 3.63) is 60.6 Å². The molecule has 6 nitrogen and oxygen atoms in total. The second kappa shape index (κ2) is 7.36. The molecule has 0 aliphatic carbocycles. The van der Waals surface area contributed by atoms with Crippen LogP contribution in [0.3, 0.4) is 0 Å². The summed E-state index contributed by atoms with van der Waals surface area (Å²) < 4.78 is 4.00. The van der Waals surface area contributed by atoms with Crippen molar-refractivity contribution in [3.63, 3.8) is 0 Å². The van der Waals surface area contributed by atoms with Gasteiger partial charge in [0, 0.05) is 54.2 Å². The summed E-state index contributed by atoms with van der Waals surface area (Å²) in [6.07, 6.45) is 5.40. The van der Waals surface area contributed by atoms with E-state index >= 15 is 0 Å². The Morgan fingerprint density at radius 2 is 2.00 bits per heavy atom. The summed E-state index contributed by atoms with van der Waals surface area (Å²) >= 11 is 1.42. The van der Waals surface area contributed by atoms with Crippen LogP contribution in [0.2, 0.25) is 0 Å². The van der Waals surface area contributed by atoms with Gasteiger partial charge < -0.3 is 9.13 Å². The monoisotopic (exact) mass is 377 g/mol. The van der Waals surface area contributed by atoms with Crippen LogP contribution in [-0.4, -0.2) is 35.9 Å². The lowest BCUT2D eigenvalue weighted by Gasteiger charge is -2.06. The molecular formula is C20H19N5OS. The fourth-order valence-electron chi connectivity index (χ4n) is 3.16. The van der Waals surface area contributed by atoms with Gasteiger partial charge in [0.1, 0.15) is 0 Å². The Kier molecular flexibility index (Phi) is 4.77. The molecule has 0 saturated heterocycles. The summed E-state index contributed by atoms with van der Waals surface area (Å²) in [5, 5.41) is 10.3. The number of aryl methyl sites for hydroxylation is 1. The molecule has 0 radical (unpaired) electrons. The summed E-state index contributed by atoms with van der Waals surface area (Å²) in [4.78, 5) is 17.0. The van der Waals surface area contributed by atoms with Crippen molar-refractivity contribution < 1.29 is 4.79 Å². The van der Waals surface area contributed by atoms with Crippen LogP contribution in [0.15, 0.2) is 60.1 Å². The molecule has 0 amide bonds. The maximum atomic E-state index is 12.8. The first kappa shape index (κ1) is 17.5. The van der Waals surface area contributed by atoms with Crippen LogP contribution < -0.4 is 0 Å². The molecule has 3 heterocycles. The van der Waals surface area contributed by atoms with Crippen LogP contribution in [0, 0.1) is 0 Å². The van der Waals surface area contributed by atoms with Gasteiger partial charge in [-0.3, -0.25) is 9.78 Å². The van der Waals surface area contributed by atoms with Crippen molar-refractivity contribution in [2.24, 2.45) is 7.05 Å². The number of carbonyl (C=O) groups excluding carboxylic acids is 1. The van der Waals surface area contributed by atoms with Gasteiger partial charge in [0.05, 0.1) is 5.75 Å². The smallest absolute Gasteiger partial charge is 0.191 e. The molecule has 4 aromatic rings. The van der Waals surface area contributed by atoms with Gasteiger partial charge in [-0.05, 0) is 25.1 Å². The number of aromatic nitrogens is 5. The largest absolute Gasteiger partial charge is 0.350 e. The molecule has 0 fully saturated rings. The number of para-hydroxylation sites is 1. The molecule has 3 aromatic heterocycles. The van der Waals surface area contributed by atoms with E-state index in [4.69, 9.17) is 0 Å². The first-order chi connectivity index (χ1) is 13.2. The predicted octanol–water partition coefficient (Wildman–Crippen LogP) is 3.83. The number of benzene rings is 1. The van der Waals surface area contributed by atoms with E-state index in [1.165, 1.54) is 11.8 Å². The maximum absolute atomic E-state index is 12.8. The van der Waals surface area contributed by atoms with E-state index in [0.717, 1.165) is 39.6 Å². The second-order valence-corrected chi connectivity index (χ2v) is 7.12. The number of carbonyl (C=O) groups is 1. The van der Waals surface area contributed by atoms with Gasteiger partial charge in [-0.15, -0.1) is 10.2 Å². The average molecular weight is 377 g/mol. The van der Waals surface area contributed by atoms with E-state index in [1.807, 2.05) is 65.7 Å². The summed E-state index contributed by atoms with van der Waals surface area (Å²) in [6, 6.07) is 11.8. The fraction of sp³-hybridized carbons (Fsp3) is 0.200. The SMILES string of the molecule is CCn1c(SCC(=O)c2cn(C)c3ccccc23)nnc1-c1cccnc1. The van der Waals surface area contributed by atoms with Crippen molar-refractivity contribution in [1.82, 2.24) is 24.3 Å². The van der Waals surface area contributed by atoms with Crippen molar-refractivity contribution in [2.45, 2.75) is 18.6 Å². The molecule has 0 bridgehead atoms. The quantitative estimate of drug-likeness (QED) is 0.377. The van der Waals surface area contributed by atoms with Gasteiger partial charge >= 0.3 is 0 Å². The van der Waals surface area contributed by atoms with Crippen molar-refractivity contribution >= 4 is 28.4 Å². The molecule has 27 heavy (non-hydrogen) atoms. The molecule has 0 atom stereocenters. The molecule has 0 spiro atoms. The van der Waals surface area contributed by atoms with Crippen LogP contribution in [0.1, 0.15) is 17.3 Å². The molecule has 0 N–H and O–H groups in total. The van der Waals surface area contributed by atoms with E-state index in [0.29, 0.717) is 5.75 Å². The first-order valence-corrected chi connectivity index (χ1v) is 9.71. The normalized spacial score (nSPS) is 11.2. The second-order valence-electron chi connectivity index (χ2n) is 6.17. The van der Waals surface area contributed by atoms with E-state index in [1.54, 1.807) is 12.4 Å². The molecule has 0 saturated carbocycles. The third-order valence-electron chi connectivity index (χ3n) is 4.48. The Morgan fingerprint density at radius 3 is 2.78 bits per heavy atom. The highest BCUT2D eigenvalue weighted by Gasteiger charge is 2.17. The summed E-state index contributed by atoms with van der Waals surface area (Å²) in [6.45, 7) is 2.77. The zero-order valence-corrected chi connectivity index (χ0v) is 16.0. The van der Waals surface area contributed by atoms with E-state index < -0.39 is 0 Å². The lowest BCUT2D eigenvalue weighted by Crippen LogP contribution is -2.05. The topological polar surface area (TPSA) is 65.6 Å². The molecule has 136 valence electrons. The Morgan fingerprint density at radius 1 is 1.15 bits per heavy atom. The third kappa shape index (κ3) is 3.26. The number of pyridine rings is 1. The van der Waals surface area contributed by atoms with Gasteiger partial charge in [0.15, 0.2) is 16.8 Å². The molecular weight excluding hydrogens is 358 g/mol. The predicted molar refractivity (Wildman–Crippen MR) is 107 cm³/mol. The Hall–Kier alpha value is -2.93. The van der Waals surface area contributed by atoms with Crippen LogP contribution >= 0.6 is 11.8 Å². The van der Waals surface area contributed by atoms with Crippen LogP contribution in [-0.2, 0) is 13.6 Å². The number of rotatable bonds is 6. The van der Waals surface area contributed by atoms with Crippen molar-refractivity contribution in [3.8, 4) is 11.4 Å². The molecule has 0 unspecified atom stereocenters. The minimum Gasteiger partial charge on any atom is -0.350 e. The highest BCUT2D eigenvalue weighted by molar-refractivity contribution is 7.99. The lowest BCUT2D eigenvalue weighted by atomic mass is 10.1. The summed E-state index contributed by atoms with van der Waals surface area (Å²) in [5.74, 6) is 1.18. The minimum atomic E-state index is 0.0883. The minimum absolute atomic E-state index is 0.0883. The fourth-order valence-corrected chi connectivity index (χ4v) is 4.05. The lowest BCUT2D eigenvalue weighted by molar-refractivity contribution is 0.102. The molecule has 7 heteroatoms. The first-order valence-electron chi connectivity index (χ1n) is 8.72. The van der Waals surface area contributed by atoms with Crippen LogP contribution in [0.25, 0.3) is 22.3 Å². The van der Waals surface area contributed by atoms with Crippen LogP contribution in [0.5, 0.6) is 0 Å². The number of Topliss-reactive ketones (excluding diaryl/α,β-unsaturated/α-hetero) is 1. The van der Waals surface area contributed by atoms with Gasteiger partial charge in [0.2, 0.25) is 0 Å². The van der Waals surface area contributed by atoms with Gasteiger partial charge in [-0.25, -0.2) is 0 Å². The molecule has 0 aliphatic heterocycles. The van der Waals surface area contributed by atoms with E-state index in [9.17, 15) is 4.79 Å². The molecule has 0 aliphatic rings. The molecule has 1 aromatic carbocycles. The van der Waals surface area contributed by atoms with Crippen molar-refractivity contribution in [2.75, 3.05) is 5.75 Å². The maximum Gasteiger partial charge on any atom is 0.191 e. The highest BCUT2D eigenvalue weighted by atomic mass is 32.2. The zero-order chi connectivity index (χ0) is 18.8. The van der Waals surface area contributed by atoms with Crippen LogP contribution in [0.4, 0.5) is 0 Å². The summed E-state index contributed by atoms with van der Waals surface area (Å²) in [7, 11) is 1.96. The standard InChI is InChI=1S/C20H19N5OS/c1-3-25-19(14-7-6-10-21-11-14)22-23-20(25)27-13-18(26)16-12-24(2)17-9-5-4-8-15(16)17/h4-12H,3,13H2,1-2H3. The zero-order valence-electron chi connectivity index (χ0n) is 15.2. The van der Waals surface area contributed by atoms with Gasteiger partial charge in [-0.1, -0.05) is 30.0 Å². The van der Waals surface area contributed by atoms with E-state index in [-0.39, 0.29) is 5.78 Å². The van der Waals surface area contributed by atoms with Gasteiger partial charge in [0.25, 0.3) is 0 Å². The number of hydrogen-bond donors (Lipinski definition) is 0. The van der Waals surface area contributed by atoms with E-state index in [2.05, 4.69) is 15.2 Å². The summed E-state index contributed by atoms with van der Waals surface area (Å²) in [5.41, 5.74) is 2.72. The number of ketones is 1. The average Bonchev–Trinajstić information content (AvgIpc) is 3.28. The number of thioether (sulfide) groups is 1. The Labute approximate surface area is 161 Å². The number of nitrogens with zero attached hydrogens (tertiary/aromatic N) is 5. The highest BCUT2D eigenvalue weighted by Crippen LogP contribution is 2.26. The Bertz CT molecular complexity index is 1100. The van der Waals surface area contributed by atoms with Gasteiger partial charge in [-0.2, -0.15) is 0 Å². The number of hydrogen-bond acceptors (Lipinski definition) is 5. The number of fused-ring (bicyclic) bond motifs is 1. The molecule has 4 rings (SSSR count). The van der Waals surface area contributed by atoms with Crippen molar-refractivity contribution in [1.29, 1.82) is 0 Å².